The Morgan fingerprint density at radius 2 is 2.13 bits per heavy atom. The normalized spacial score (nSPS) is 19.4. The van der Waals surface area contributed by atoms with Crippen molar-refractivity contribution in [3.05, 3.63) is 65.5 Å². The van der Waals surface area contributed by atoms with E-state index in [1.807, 2.05) is 24.3 Å². The summed E-state index contributed by atoms with van der Waals surface area (Å²) in [7, 11) is 0. The summed E-state index contributed by atoms with van der Waals surface area (Å²) in [5, 5.41) is 9.28. The maximum atomic E-state index is 12.8. The Morgan fingerprint density at radius 1 is 1.30 bits per heavy atom. The highest BCUT2D eigenvalue weighted by Gasteiger charge is 2.46. The molecule has 1 amide bonds. The number of aromatic nitrogens is 1. The fourth-order valence-corrected chi connectivity index (χ4v) is 3.15. The number of carbonyl (C=O) groups excluding carboxylic acids is 1. The fraction of sp³-hybridized carbons (Fsp3) is 0.368. The molecule has 0 aliphatic heterocycles. The first kappa shape index (κ1) is 15.7. The number of aryl methyl sites for hydroxylation is 1. The molecule has 4 nitrogen and oxygen atoms in total. The molecule has 0 saturated heterocycles. The van der Waals surface area contributed by atoms with Crippen LogP contribution in [0.2, 0.25) is 0 Å². The van der Waals surface area contributed by atoms with Gasteiger partial charge in [-0.3, -0.25) is 9.78 Å². The lowest BCUT2D eigenvalue weighted by molar-refractivity contribution is -0.133. The molecule has 0 bridgehead atoms. The molecule has 1 N–H and O–H groups in total. The average molecular weight is 310 g/mol. The predicted octanol–water partition coefficient (Wildman–Crippen LogP) is 2.51. The first-order valence-corrected chi connectivity index (χ1v) is 8.04. The molecule has 0 spiro atoms. The highest BCUT2D eigenvalue weighted by atomic mass is 16.3. The molecule has 1 saturated carbocycles. The third-order valence-electron chi connectivity index (χ3n) is 4.47. The van der Waals surface area contributed by atoms with Crippen LogP contribution in [0.1, 0.15) is 29.0 Å². The molecule has 2 unspecified atom stereocenters. The molecule has 3 rings (SSSR count). The number of aliphatic hydroxyl groups is 1. The molecule has 2 aromatic rings. The summed E-state index contributed by atoms with van der Waals surface area (Å²) in [6, 6.07) is 12.1. The van der Waals surface area contributed by atoms with Crippen molar-refractivity contribution in [2.24, 2.45) is 5.92 Å². The van der Waals surface area contributed by atoms with Crippen LogP contribution >= 0.6 is 0 Å². The highest BCUT2D eigenvalue weighted by molar-refractivity contribution is 5.83. The van der Waals surface area contributed by atoms with E-state index < -0.39 is 0 Å². The van der Waals surface area contributed by atoms with Crippen LogP contribution in [-0.2, 0) is 11.3 Å². The lowest BCUT2D eigenvalue weighted by Gasteiger charge is -2.22. The Kier molecular flexibility index (Phi) is 4.72. The van der Waals surface area contributed by atoms with Crippen molar-refractivity contribution in [3.8, 4) is 0 Å². The van der Waals surface area contributed by atoms with Crippen LogP contribution in [-0.4, -0.2) is 34.0 Å². The molecule has 120 valence electrons. The number of hydrogen-bond donors (Lipinski definition) is 1. The molecule has 0 radical (unpaired) electrons. The Labute approximate surface area is 136 Å². The minimum atomic E-state index is -0.0201. The van der Waals surface area contributed by atoms with Crippen molar-refractivity contribution in [2.45, 2.75) is 25.8 Å². The maximum Gasteiger partial charge on any atom is 0.226 e. The first-order chi connectivity index (χ1) is 11.2. The van der Waals surface area contributed by atoms with Crippen LogP contribution in [0.3, 0.4) is 0 Å². The van der Waals surface area contributed by atoms with E-state index in [0.29, 0.717) is 19.0 Å². The molecule has 1 heterocycles. The molecule has 1 aromatic carbocycles. The number of nitrogens with zero attached hydrogens (tertiary/aromatic N) is 2. The molecule has 1 aromatic heterocycles. The second kappa shape index (κ2) is 6.92. The molecule has 1 aliphatic rings. The summed E-state index contributed by atoms with van der Waals surface area (Å²) >= 11 is 0. The molecule has 4 heteroatoms. The van der Waals surface area contributed by atoms with Crippen molar-refractivity contribution in [1.82, 2.24) is 9.88 Å². The molecule has 1 aliphatic carbocycles. The summed E-state index contributed by atoms with van der Waals surface area (Å²) in [5.74, 6) is 0.495. The van der Waals surface area contributed by atoms with E-state index >= 15 is 0 Å². The van der Waals surface area contributed by atoms with Gasteiger partial charge in [-0.25, -0.2) is 0 Å². The van der Waals surface area contributed by atoms with Crippen molar-refractivity contribution >= 4 is 5.91 Å². The molecular weight excluding hydrogens is 288 g/mol. The fourth-order valence-electron chi connectivity index (χ4n) is 3.15. The minimum absolute atomic E-state index is 0.0201. The van der Waals surface area contributed by atoms with Crippen LogP contribution in [0, 0.1) is 12.8 Å². The second-order valence-electron chi connectivity index (χ2n) is 6.15. The number of aliphatic hydroxyl groups excluding tert-OH is 1. The lowest BCUT2D eigenvalue weighted by Crippen LogP contribution is -2.34. The van der Waals surface area contributed by atoms with Crippen LogP contribution in [0.25, 0.3) is 0 Å². The SMILES string of the molecule is Cc1ccccc1C1CC1C(=O)N(CCO)Cc1cccnc1. The van der Waals surface area contributed by atoms with E-state index in [4.69, 9.17) is 0 Å². The van der Waals surface area contributed by atoms with Gasteiger partial charge in [0.1, 0.15) is 0 Å². The first-order valence-electron chi connectivity index (χ1n) is 8.04. The molecule has 23 heavy (non-hydrogen) atoms. The van der Waals surface area contributed by atoms with E-state index in [-0.39, 0.29) is 18.4 Å². The van der Waals surface area contributed by atoms with Crippen LogP contribution in [0.4, 0.5) is 0 Å². The smallest absolute Gasteiger partial charge is 0.226 e. The minimum Gasteiger partial charge on any atom is -0.395 e. The Hall–Kier alpha value is -2.20. The zero-order chi connectivity index (χ0) is 16.2. The van der Waals surface area contributed by atoms with Crippen molar-refractivity contribution in [2.75, 3.05) is 13.2 Å². The van der Waals surface area contributed by atoms with Crippen molar-refractivity contribution in [3.63, 3.8) is 0 Å². The Morgan fingerprint density at radius 3 is 2.83 bits per heavy atom. The van der Waals surface area contributed by atoms with Gasteiger partial charge in [-0.1, -0.05) is 30.3 Å². The van der Waals surface area contributed by atoms with Crippen LogP contribution in [0.5, 0.6) is 0 Å². The highest BCUT2D eigenvalue weighted by Crippen LogP contribution is 2.49. The third-order valence-corrected chi connectivity index (χ3v) is 4.47. The zero-order valence-electron chi connectivity index (χ0n) is 13.4. The average Bonchev–Trinajstić information content (AvgIpc) is 3.36. The number of hydrogen-bond acceptors (Lipinski definition) is 3. The van der Waals surface area contributed by atoms with Gasteiger partial charge in [0.05, 0.1) is 6.61 Å². The van der Waals surface area contributed by atoms with Gasteiger partial charge in [0, 0.05) is 31.4 Å². The molecule has 2 atom stereocenters. The van der Waals surface area contributed by atoms with Gasteiger partial charge >= 0.3 is 0 Å². The quantitative estimate of drug-likeness (QED) is 0.892. The standard InChI is InChI=1S/C19H22N2O2/c1-14-5-2-3-7-16(14)17-11-18(17)19(23)21(9-10-22)13-15-6-4-8-20-12-15/h2-8,12,17-18,22H,9-11,13H2,1H3. The van der Waals surface area contributed by atoms with E-state index in [1.54, 1.807) is 17.3 Å². The number of amides is 1. The van der Waals surface area contributed by atoms with Gasteiger partial charge in [0.25, 0.3) is 0 Å². The largest absolute Gasteiger partial charge is 0.395 e. The maximum absolute atomic E-state index is 12.8. The summed E-state index contributed by atoms with van der Waals surface area (Å²) in [6.07, 6.45) is 4.39. The number of pyridine rings is 1. The molecule has 1 fully saturated rings. The van der Waals surface area contributed by atoms with Crippen LogP contribution in [0.15, 0.2) is 48.8 Å². The number of carbonyl (C=O) groups is 1. The van der Waals surface area contributed by atoms with Gasteiger partial charge < -0.3 is 10.0 Å². The zero-order valence-corrected chi connectivity index (χ0v) is 13.4. The van der Waals surface area contributed by atoms with Gasteiger partial charge in [-0.2, -0.15) is 0 Å². The summed E-state index contributed by atoms with van der Waals surface area (Å²) in [5.41, 5.74) is 3.51. The Balaban J connectivity index is 1.69. The van der Waals surface area contributed by atoms with E-state index in [0.717, 1.165) is 12.0 Å². The van der Waals surface area contributed by atoms with Gasteiger partial charge in [0.15, 0.2) is 0 Å². The van der Waals surface area contributed by atoms with E-state index in [9.17, 15) is 9.90 Å². The molecular formula is C19H22N2O2. The van der Waals surface area contributed by atoms with E-state index in [2.05, 4.69) is 24.0 Å². The summed E-state index contributed by atoms with van der Waals surface area (Å²) < 4.78 is 0. The Bertz CT molecular complexity index is 672. The monoisotopic (exact) mass is 310 g/mol. The van der Waals surface area contributed by atoms with Crippen molar-refractivity contribution < 1.29 is 9.90 Å². The van der Waals surface area contributed by atoms with Gasteiger partial charge in [-0.05, 0) is 42.0 Å². The van der Waals surface area contributed by atoms with Gasteiger partial charge in [0.2, 0.25) is 5.91 Å². The van der Waals surface area contributed by atoms with Gasteiger partial charge in [-0.15, -0.1) is 0 Å². The lowest BCUT2D eigenvalue weighted by atomic mass is 10.0. The second-order valence-corrected chi connectivity index (χ2v) is 6.15. The third kappa shape index (κ3) is 3.59. The summed E-state index contributed by atoms with van der Waals surface area (Å²) in [6.45, 7) is 2.94. The van der Waals surface area contributed by atoms with E-state index in [1.165, 1.54) is 11.1 Å². The van der Waals surface area contributed by atoms with Crippen molar-refractivity contribution in [1.29, 1.82) is 0 Å². The topological polar surface area (TPSA) is 53.4 Å². The predicted molar refractivity (Wildman–Crippen MR) is 88.8 cm³/mol. The number of benzene rings is 1. The van der Waals surface area contributed by atoms with Crippen LogP contribution < -0.4 is 0 Å². The number of rotatable bonds is 6. The summed E-state index contributed by atoms with van der Waals surface area (Å²) in [4.78, 5) is 18.6.